The van der Waals surface area contributed by atoms with Crippen molar-refractivity contribution in [2.45, 2.75) is 12.5 Å². The van der Waals surface area contributed by atoms with E-state index in [0.29, 0.717) is 0 Å². The quantitative estimate of drug-likeness (QED) is 0.884. The highest BCUT2D eigenvalue weighted by Crippen LogP contribution is 2.27. The van der Waals surface area contributed by atoms with E-state index in [0.717, 1.165) is 31.4 Å². The number of nitrogens with one attached hydrogen (secondary N) is 1. The molecule has 104 valence electrons. The zero-order valence-corrected chi connectivity index (χ0v) is 11.6. The predicted octanol–water partition coefficient (Wildman–Crippen LogP) is 1.18. The van der Waals surface area contributed by atoms with Crippen molar-refractivity contribution in [2.24, 2.45) is 0 Å². The fourth-order valence-electron chi connectivity index (χ4n) is 2.94. The van der Waals surface area contributed by atoms with Gasteiger partial charge in [-0.15, -0.1) is 0 Å². The Kier molecular flexibility index (Phi) is 3.89. The van der Waals surface area contributed by atoms with Gasteiger partial charge in [-0.25, -0.2) is 0 Å². The first-order chi connectivity index (χ1) is 9.36. The number of nitrogens with zero attached hydrogens (tertiary/aromatic N) is 2. The summed E-state index contributed by atoms with van der Waals surface area (Å²) in [6, 6.07) is 9.09. The lowest BCUT2D eigenvalue weighted by atomic mass is 10.1. The summed E-state index contributed by atoms with van der Waals surface area (Å²) in [7, 11) is 1.72. The number of hydrogen-bond acceptors (Lipinski definition) is 4. The summed E-state index contributed by atoms with van der Waals surface area (Å²) in [5, 5.41) is 3.47. The van der Waals surface area contributed by atoms with Gasteiger partial charge in [0.25, 0.3) is 0 Å². The Balaban J connectivity index is 1.56. The lowest BCUT2D eigenvalue weighted by Crippen LogP contribution is -2.60. The molecular weight excluding hydrogens is 238 g/mol. The minimum atomic E-state index is 0.728. The second-order valence-corrected chi connectivity index (χ2v) is 5.40. The van der Waals surface area contributed by atoms with E-state index in [1.165, 1.54) is 31.7 Å². The van der Waals surface area contributed by atoms with E-state index in [-0.39, 0.29) is 0 Å². The molecule has 1 N–H and O–H groups in total. The van der Waals surface area contributed by atoms with E-state index < -0.39 is 0 Å². The minimum Gasteiger partial charge on any atom is -0.497 e. The van der Waals surface area contributed by atoms with Gasteiger partial charge in [-0.3, -0.25) is 4.90 Å². The number of anilines is 1. The summed E-state index contributed by atoms with van der Waals surface area (Å²) in [6.45, 7) is 7.03. The molecule has 4 nitrogen and oxygen atoms in total. The van der Waals surface area contributed by atoms with Gasteiger partial charge in [0.2, 0.25) is 0 Å². The highest BCUT2D eigenvalue weighted by molar-refractivity contribution is 5.53. The average molecular weight is 261 g/mol. The van der Waals surface area contributed by atoms with Crippen molar-refractivity contribution in [3.05, 3.63) is 24.3 Å². The summed E-state index contributed by atoms with van der Waals surface area (Å²) in [4.78, 5) is 5.07. The summed E-state index contributed by atoms with van der Waals surface area (Å²) < 4.78 is 5.29. The van der Waals surface area contributed by atoms with E-state index in [2.05, 4.69) is 33.3 Å². The van der Waals surface area contributed by atoms with Crippen molar-refractivity contribution in [1.29, 1.82) is 0 Å². The smallest absolute Gasteiger partial charge is 0.120 e. The second kappa shape index (κ2) is 5.80. The first kappa shape index (κ1) is 12.8. The maximum Gasteiger partial charge on any atom is 0.120 e. The number of methoxy groups -OCH3 is 1. The number of rotatable bonds is 3. The molecule has 0 atom stereocenters. The molecule has 1 aromatic carbocycles. The Morgan fingerprint density at radius 3 is 2.95 bits per heavy atom. The number of hydrogen-bond donors (Lipinski definition) is 1. The predicted molar refractivity (Wildman–Crippen MR) is 78.1 cm³/mol. The van der Waals surface area contributed by atoms with Crippen LogP contribution in [0.2, 0.25) is 0 Å². The Labute approximate surface area is 115 Å². The molecule has 0 saturated carbocycles. The first-order valence-electron chi connectivity index (χ1n) is 7.20. The Morgan fingerprint density at radius 1 is 1.21 bits per heavy atom. The van der Waals surface area contributed by atoms with Gasteiger partial charge in [0.15, 0.2) is 0 Å². The summed E-state index contributed by atoms with van der Waals surface area (Å²) in [5.41, 5.74) is 1.28. The lowest BCUT2D eigenvalue weighted by Gasteiger charge is -2.46. The average Bonchev–Trinajstić information content (AvgIpc) is 2.66. The molecule has 3 rings (SSSR count). The van der Waals surface area contributed by atoms with Crippen LogP contribution in [-0.2, 0) is 0 Å². The van der Waals surface area contributed by atoms with Crippen LogP contribution in [0.1, 0.15) is 6.42 Å². The van der Waals surface area contributed by atoms with Crippen LogP contribution in [0, 0.1) is 0 Å². The van der Waals surface area contributed by atoms with Crippen LogP contribution in [-0.4, -0.2) is 57.3 Å². The maximum absolute atomic E-state index is 5.29. The molecular formula is C15H23N3O. The van der Waals surface area contributed by atoms with E-state index in [9.17, 15) is 0 Å². The van der Waals surface area contributed by atoms with Crippen molar-refractivity contribution in [1.82, 2.24) is 10.2 Å². The van der Waals surface area contributed by atoms with Crippen molar-refractivity contribution < 1.29 is 4.74 Å². The summed E-state index contributed by atoms with van der Waals surface area (Å²) >= 11 is 0. The third kappa shape index (κ3) is 2.85. The standard InChI is InChI=1S/C15H23N3O/c1-19-15-5-2-4-13(10-15)18-11-14(12-18)17-8-3-6-16-7-9-17/h2,4-5,10,14,16H,3,6-9,11-12H2,1H3. The molecule has 0 radical (unpaired) electrons. The van der Waals surface area contributed by atoms with Gasteiger partial charge in [0.05, 0.1) is 7.11 Å². The van der Waals surface area contributed by atoms with Gasteiger partial charge in [-0.1, -0.05) is 6.07 Å². The topological polar surface area (TPSA) is 27.7 Å². The van der Waals surface area contributed by atoms with E-state index in [1.54, 1.807) is 7.11 Å². The highest BCUT2D eigenvalue weighted by Gasteiger charge is 2.32. The maximum atomic E-state index is 5.29. The van der Waals surface area contributed by atoms with Crippen LogP contribution >= 0.6 is 0 Å². The van der Waals surface area contributed by atoms with E-state index >= 15 is 0 Å². The van der Waals surface area contributed by atoms with Crippen LogP contribution in [0.4, 0.5) is 5.69 Å². The molecule has 2 aliphatic rings. The molecule has 0 amide bonds. The minimum absolute atomic E-state index is 0.728. The van der Waals surface area contributed by atoms with E-state index in [1.807, 2.05) is 6.07 Å². The van der Waals surface area contributed by atoms with Crippen LogP contribution in [0.5, 0.6) is 5.75 Å². The van der Waals surface area contributed by atoms with Gasteiger partial charge >= 0.3 is 0 Å². The van der Waals surface area contributed by atoms with Crippen LogP contribution in [0.15, 0.2) is 24.3 Å². The zero-order chi connectivity index (χ0) is 13.1. The normalized spacial score (nSPS) is 21.8. The van der Waals surface area contributed by atoms with Gasteiger partial charge < -0.3 is 15.0 Å². The number of ether oxygens (including phenoxy) is 1. The molecule has 0 unspecified atom stereocenters. The third-order valence-electron chi connectivity index (χ3n) is 4.17. The molecule has 2 saturated heterocycles. The molecule has 2 aliphatic heterocycles. The van der Waals surface area contributed by atoms with Crippen LogP contribution < -0.4 is 15.0 Å². The van der Waals surface area contributed by atoms with E-state index in [4.69, 9.17) is 4.74 Å². The fraction of sp³-hybridized carbons (Fsp3) is 0.600. The third-order valence-corrected chi connectivity index (χ3v) is 4.17. The van der Waals surface area contributed by atoms with Crippen molar-refractivity contribution in [3.63, 3.8) is 0 Å². The monoisotopic (exact) mass is 261 g/mol. The molecule has 0 aromatic heterocycles. The van der Waals surface area contributed by atoms with Crippen LogP contribution in [0.3, 0.4) is 0 Å². The van der Waals surface area contributed by atoms with Crippen LogP contribution in [0.25, 0.3) is 0 Å². The van der Waals surface area contributed by atoms with Gasteiger partial charge in [0, 0.05) is 44.0 Å². The lowest BCUT2D eigenvalue weighted by molar-refractivity contribution is 0.177. The summed E-state index contributed by atoms with van der Waals surface area (Å²) in [5.74, 6) is 0.944. The number of benzene rings is 1. The van der Waals surface area contributed by atoms with Crippen molar-refractivity contribution in [3.8, 4) is 5.75 Å². The van der Waals surface area contributed by atoms with Gasteiger partial charge in [-0.2, -0.15) is 0 Å². The largest absolute Gasteiger partial charge is 0.497 e. The molecule has 2 heterocycles. The fourth-order valence-corrected chi connectivity index (χ4v) is 2.94. The first-order valence-corrected chi connectivity index (χ1v) is 7.20. The van der Waals surface area contributed by atoms with Crippen molar-refractivity contribution >= 4 is 5.69 Å². The van der Waals surface area contributed by atoms with Gasteiger partial charge in [0.1, 0.15) is 5.75 Å². The zero-order valence-electron chi connectivity index (χ0n) is 11.6. The molecule has 19 heavy (non-hydrogen) atoms. The molecule has 2 fully saturated rings. The Bertz CT molecular complexity index is 410. The highest BCUT2D eigenvalue weighted by atomic mass is 16.5. The Morgan fingerprint density at radius 2 is 2.11 bits per heavy atom. The molecule has 1 aromatic rings. The molecule has 0 bridgehead atoms. The summed E-state index contributed by atoms with van der Waals surface area (Å²) in [6.07, 6.45) is 1.27. The SMILES string of the molecule is COc1cccc(N2CC(N3CCCNCC3)C2)c1. The van der Waals surface area contributed by atoms with Gasteiger partial charge in [-0.05, 0) is 31.6 Å². The molecule has 0 spiro atoms. The Hall–Kier alpha value is -1.26. The molecule has 4 heteroatoms. The van der Waals surface area contributed by atoms with Crippen molar-refractivity contribution in [2.75, 3.05) is 51.3 Å². The molecule has 0 aliphatic carbocycles. The second-order valence-electron chi connectivity index (χ2n) is 5.40.